The van der Waals surface area contributed by atoms with Crippen LogP contribution in [0.15, 0.2) is 73.3 Å². The van der Waals surface area contributed by atoms with Gasteiger partial charge in [0.05, 0.1) is 32.5 Å². The van der Waals surface area contributed by atoms with Gasteiger partial charge < -0.3 is 18.9 Å². The molecule has 1 aliphatic rings. The van der Waals surface area contributed by atoms with Crippen LogP contribution in [-0.2, 0) is 32.2 Å². The van der Waals surface area contributed by atoms with Gasteiger partial charge in [0, 0.05) is 6.42 Å². The summed E-state index contributed by atoms with van der Waals surface area (Å²) >= 11 is 0. The molecule has 4 nitrogen and oxygen atoms in total. The standard InChI is InChI=1S/C25H28O4/c1-2-15-26-16-9-14-23-17-24(28-19-22-12-7-4-8-13-22)25(29-23)20-27-18-21-10-5-3-6-11-21/h2-8,10-13,23-25H,1,15-20H2/t23-,24-,25+/m0/s1. The minimum Gasteiger partial charge on any atom is -0.374 e. The molecule has 2 aromatic carbocycles. The molecule has 0 saturated carbocycles. The summed E-state index contributed by atoms with van der Waals surface area (Å²) in [6.07, 6.45) is 2.06. The van der Waals surface area contributed by atoms with Gasteiger partial charge in [-0.3, -0.25) is 0 Å². The molecule has 0 aromatic heterocycles. The van der Waals surface area contributed by atoms with Crippen molar-refractivity contribution in [3.63, 3.8) is 0 Å². The summed E-state index contributed by atoms with van der Waals surface area (Å²) < 4.78 is 23.5. The van der Waals surface area contributed by atoms with E-state index in [9.17, 15) is 0 Å². The summed E-state index contributed by atoms with van der Waals surface area (Å²) in [7, 11) is 0. The molecule has 0 N–H and O–H groups in total. The van der Waals surface area contributed by atoms with Crippen LogP contribution in [0.4, 0.5) is 0 Å². The first-order valence-corrected chi connectivity index (χ1v) is 9.95. The molecule has 2 aromatic rings. The molecule has 152 valence electrons. The van der Waals surface area contributed by atoms with Crippen molar-refractivity contribution in [2.24, 2.45) is 0 Å². The molecule has 4 heteroatoms. The zero-order valence-corrected chi connectivity index (χ0v) is 16.7. The molecule has 0 bridgehead atoms. The third-order valence-electron chi connectivity index (χ3n) is 4.57. The van der Waals surface area contributed by atoms with Crippen molar-refractivity contribution in [2.45, 2.75) is 37.9 Å². The molecule has 0 unspecified atom stereocenters. The molecule has 1 fully saturated rings. The largest absolute Gasteiger partial charge is 0.374 e. The fraction of sp³-hybridized carbons (Fsp3) is 0.360. The Morgan fingerprint density at radius 2 is 1.66 bits per heavy atom. The van der Waals surface area contributed by atoms with E-state index in [-0.39, 0.29) is 18.3 Å². The SMILES string of the molecule is C=CCOCC#C[C@H]1C[C@H](OCc2ccccc2)[C@@H](COCc2ccccc2)O1. The van der Waals surface area contributed by atoms with Crippen molar-refractivity contribution in [3.8, 4) is 11.8 Å². The number of benzene rings is 2. The van der Waals surface area contributed by atoms with E-state index >= 15 is 0 Å². The topological polar surface area (TPSA) is 36.9 Å². The molecule has 1 aliphatic heterocycles. The predicted molar refractivity (Wildman–Crippen MR) is 113 cm³/mol. The monoisotopic (exact) mass is 392 g/mol. The lowest BCUT2D eigenvalue weighted by atomic mass is 10.1. The summed E-state index contributed by atoms with van der Waals surface area (Å²) in [5.74, 6) is 6.16. The fourth-order valence-electron chi connectivity index (χ4n) is 3.13. The minimum atomic E-state index is -0.173. The van der Waals surface area contributed by atoms with Crippen molar-refractivity contribution in [2.75, 3.05) is 19.8 Å². The van der Waals surface area contributed by atoms with Gasteiger partial charge in [0.2, 0.25) is 0 Å². The Kier molecular flexibility index (Phi) is 8.96. The third kappa shape index (κ3) is 7.49. The number of hydrogen-bond acceptors (Lipinski definition) is 4. The average molecular weight is 392 g/mol. The lowest BCUT2D eigenvalue weighted by Crippen LogP contribution is -2.29. The highest BCUT2D eigenvalue weighted by atomic mass is 16.6. The van der Waals surface area contributed by atoms with Crippen LogP contribution in [-0.4, -0.2) is 38.1 Å². The maximum Gasteiger partial charge on any atom is 0.121 e. The van der Waals surface area contributed by atoms with Gasteiger partial charge in [-0.2, -0.15) is 0 Å². The predicted octanol–water partition coefficient (Wildman–Crippen LogP) is 4.15. The number of ether oxygens (including phenoxy) is 4. The van der Waals surface area contributed by atoms with E-state index < -0.39 is 0 Å². The molecule has 0 radical (unpaired) electrons. The molecule has 0 aliphatic carbocycles. The molecule has 29 heavy (non-hydrogen) atoms. The van der Waals surface area contributed by atoms with Crippen molar-refractivity contribution < 1.29 is 18.9 Å². The normalized spacial score (nSPS) is 20.8. The Bertz CT molecular complexity index is 779. The van der Waals surface area contributed by atoms with Crippen LogP contribution in [0.25, 0.3) is 0 Å². The van der Waals surface area contributed by atoms with Gasteiger partial charge in [0.1, 0.15) is 18.8 Å². The average Bonchev–Trinajstić information content (AvgIpc) is 3.15. The van der Waals surface area contributed by atoms with Gasteiger partial charge in [0.25, 0.3) is 0 Å². The summed E-state index contributed by atoms with van der Waals surface area (Å²) in [4.78, 5) is 0. The smallest absolute Gasteiger partial charge is 0.121 e. The van der Waals surface area contributed by atoms with E-state index in [4.69, 9.17) is 18.9 Å². The first-order valence-electron chi connectivity index (χ1n) is 9.95. The van der Waals surface area contributed by atoms with Crippen LogP contribution in [0.2, 0.25) is 0 Å². The maximum atomic E-state index is 6.16. The van der Waals surface area contributed by atoms with E-state index in [1.165, 1.54) is 0 Å². The molecule has 3 rings (SSSR count). The molecule has 0 amide bonds. The number of rotatable bonds is 10. The van der Waals surface area contributed by atoms with E-state index in [1.54, 1.807) is 6.08 Å². The molecular weight excluding hydrogens is 364 g/mol. The van der Waals surface area contributed by atoms with E-state index in [1.807, 2.05) is 36.4 Å². The van der Waals surface area contributed by atoms with Gasteiger partial charge in [-0.25, -0.2) is 0 Å². The second-order valence-electron chi connectivity index (χ2n) is 6.86. The van der Waals surface area contributed by atoms with Crippen LogP contribution in [0.3, 0.4) is 0 Å². The van der Waals surface area contributed by atoms with Gasteiger partial charge >= 0.3 is 0 Å². The maximum absolute atomic E-state index is 6.16. The Hall–Kier alpha value is -2.42. The first-order chi connectivity index (χ1) is 14.3. The Morgan fingerprint density at radius 1 is 0.966 bits per heavy atom. The second kappa shape index (κ2) is 12.2. The van der Waals surface area contributed by atoms with Crippen molar-refractivity contribution >= 4 is 0 Å². The summed E-state index contributed by atoms with van der Waals surface area (Å²) in [6.45, 7) is 6.07. The highest BCUT2D eigenvalue weighted by Gasteiger charge is 2.35. The van der Waals surface area contributed by atoms with Crippen LogP contribution in [0, 0.1) is 11.8 Å². The lowest BCUT2D eigenvalue weighted by Gasteiger charge is -2.19. The molecule has 3 atom stereocenters. The second-order valence-corrected chi connectivity index (χ2v) is 6.86. The summed E-state index contributed by atoms with van der Waals surface area (Å²) in [5.41, 5.74) is 2.28. The quantitative estimate of drug-likeness (QED) is 0.346. The zero-order chi connectivity index (χ0) is 20.2. The minimum absolute atomic E-state index is 0.0561. The van der Waals surface area contributed by atoms with Crippen LogP contribution >= 0.6 is 0 Å². The fourth-order valence-corrected chi connectivity index (χ4v) is 3.13. The van der Waals surface area contributed by atoms with Crippen LogP contribution < -0.4 is 0 Å². The van der Waals surface area contributed by atoms with Gasteiger partial charge in [0.15, 0.2) is 0 Å². The van der Waals surface area contributed by atoms with Crippen molar-refractivity contribution in [3.05, 3.63) is 84.4 Å². The molecule has 0 spiro atoms. The lowest BCUT2D eigenvalue weighted by molar-refractivity contribution is -0.0651. The van der Waals surface area contributed by atoms with E-state index in [2.05, 4.69) is 42.7 Å². The van der Waals surface area contributed by atoms with Crippen molar-refractivity contribution in [1.29, 1.82) is 0 Å². The highest BCUT2D eigenvalue weighted by Crippen LogP contribution is 2.25. The summed E-state index contributed by atoms with van der Waals surface area (Å²) in [6, 6.07) is 20.3. The zero-order valence-electron chi connectivity index (χ0n) is 16.7. The van der Waals surface area contributed by atoms with Crippen LogP contribution in [0.5, 0.6) is 0 Å². The molecule has 1 heterocycles. The van der Waals surface area contributed by atoms with Gasteiger partial charge in [-0.15, -0.1) is 6.58 Å². The highest BCUT2D eigenvalue weighted by molar-refractivity contribution is 5.15. The summed E-state index contributed by atoms with van der Waals surface area (Å²) in [5, 5.41) is 0. The Labute approximate surface area is 173 Å². The van der Waals surface area contributed by atoms with Gasteiger partial charge in [-0.05, 0) is 11.1 Å². The van der Waals surface area contributed by atoms with Crippen LogP contribution in [0.1, 0.15) is 17.5 Å². The van der Waals surface area contributed by atoms with Gasteiger partial charge in [-0.1, -0.05) is 78.6 Å². The molecule has 1 saturated heterocycles. The molecular formula is C25H28O4. The Morgan fingerprint density at radius 3 is 2.34 bits per heavy atom. The Balaban J connectivity index is 1.52. The first kappa shape index (κ1) is 21.3. The van der Waals surface area contributed by atoms with E-state index in [0.717, 1.165) is 17.5 Å². The third-order valence-corrected chi connectivity index (χ3v) is 4.57. The van der Waals surface area contributed by atoms with E-state index in [0.29, 0.717) is 33.0 Å². The number of hydrogen-bond donors (Lipinski definition) is 0. The van der Waals surface area contributed by atoms with Crippen molar-refractivity contribution in [1.82, 2.24) is 0 Å².